The van der Waals surface area contributed by atoms with Gasteiger partial charge in [-0.25, -0.2) is 0 Å². The number of hydrogen-bond acceptors (Lipinski definition) is 6. The molecule has 7 heteroatoms. The van der Waals surface area contributed by atoms with Gasteiger partial charge in [0.05, 0.1) is 17.9 Å². The lowest BCUT2D eigenvalue weighted by molar-refractivity contribution is -0.150. The second-order valence-electron chi connectivity index (χ2n) is 7.15. The molecule has 134 valence electrons. The number of aromatic nitrogens is 1. The van der Waals surface area contributed by atoms with Crippen LogP contribution in [-0.4, -0.2) is 73.5 Å². The van der Waals surface area contributed by atoms with E-state index in [1.807, 2.05) is 13.8 Å². The minimum Gasteiger partial charge on any atom is -0.372 e. The predicted molar refractivity (Wildman–Crippen MR) is 87.6 cm³/mol. The number of amides is 1. The molecule has 2 saturated heterocycles. The Morgan fingerprint density at radius 3 is 2.79 bits per heavy atom. The molecule has 0 bridgehead atoms. The van der Waals surface area contributed by atoms with Gasteiger partial charge in [0.1, 0.15) is 12.4 Å². The molecule has 0 saturated carbocycles. The largest absolute Gasteiger partial charge is 0.372 e. The molecule has 3 heterocycles. The van der Waals surface area contributed by atoms with Crippen LogP contribution in [0.3, 0.4) is 0 Å². The van der Waals surface area contributed by atoms with Crippen LogP contribution in [0.2, 0.25) is 0 Å². The number of carbonyl (C=O) groups is 1. The van der Waals surface area contributed by atoms with Crippen LogP contribution in [0.5, 0.6) is 0 Å². The summed E-state index contributed by atoms with van der Waals surface area (Å²) < 4.78 is 16.9. The maximum Gasteiger partial charge on any atom is 0.248 e. The van der Waals surface area contributed by atoms with E-state index in [2.05, 4.69) is 10.1 Å². The third kappa shape index (κ3) is 3.34. The Morgan fingerprint density at radius 2 is 2.17 bits per heavy atom. The molecule has 24 heavy (non-hydrogen) atoms. The van der Waals surface area contributed by atoms with Crippen LogP contribution < -0.4 is 0 Å². The Hall–Kier alpha value is -1.44. The number of carbonyl (C=O) groups excluding carboxylic acids is 1. The number of nitrogens with zero attached hydrogens (tertiary/aromatic N) is 3. The van der Waals surface area contributed by atoms with E-state index in [-0.39, 0.29) is 18.1 Å². The molecule has 3 rings (SSSR count). The fraction of sp³-hybridized carbons (Fsp3) is 0.765. The second-order valence-corrected chi connectivity index (χ2v) is 7.15. The van der Waals surface area contributed by atoms with Gasteiger partial charge >= 0.3 is 0 Å². The molecule has 1 aromatic heterocycles. The SMILES string of the molecule is Cc1noc(C)c1CN1CC2(C1)OCCC2COCC(=O)N(C)C. The first-order chi connectivity index (χ1) is 11.4. The molecule has 0 aliphatic carbocycles. The molecule has 1 spiro atoms. The third-order valence-electron chi connectivity index (χ3n) is 5.19. The first-order valence-electron chi connectivity index (χ1n) is 8.47. The smallest absolute Gasteiger partial charge is 0.248 e. The minimum absolute atomic E-state index is 0.00314. The topological polar surface area (TPSA) is 68.0 Å². The van der Waals surface area contributed by atoms with Crippen molar-refractivity contribution in [3.63, 3.8) is 0 Å². The van der Waals surface area contributed by atoms with Crippen molar-refractivity contribution in [3.8, 4) is 0 Å². The molecule has 1 aromatic rings. The average Bonchev–Trinajstić information content (AvgIpc) is 3.05. The highest BCUT2D eigenvalue weighted by molar-refractivity contribution is 5.76. The Morgan fingerprint density at radius 1 is 1.42 bits per heavy atom. The molecule has 0 N–H and O–H groups in total. The van der Waals surface area contributed by atoms with E-state index in [4.69, 9.17) is 14.0 Å². The Labute approximate surface area is 142 Å². The lowest BCUT2D eigenvalue weighted by Crippen LogP contribution is -2.64. The lowest BCUT2D eigenvalue weighted by Gasteiger charge is -2.50. The van der Waals surface area contributed by atoms with E-state index in [1.165, 1.54) is 5.56 Å². The number of hydrogen-bond donors (Lipinski definition) is 0. The van der Waals surface area contributed by atoms with Gasteiger partial charge in [-0.3, -0.25) is 9.69 Å². The van der Waals surface area contributed by atoms with Crippen LogP contribution >= 0.6 is 0 Å². The zero-order valence-electron chi connectivity index (χ0n) is 15.0. The number of rotatable bonds is 6. The predicted octanol–water partition coefficient (Wildman–Crippen LogP) is 0.987. The zero-order chi connectivity index (χ0) is 17.3. The van der Waals surface area contributed by atoms with Crippen molar-refractivity contribution in [2.24, 2.45) is 5.92 Å². The summed E-state index contributed by atoms with van der Waals surface area (Å²) in [5.41, 5.74) is 2.02. The average molecular weight is 337 g/mol. The van der Waals surface area contributed by atoms with Crippen LogP contribution in [-0.2, 0) is 20.8 Å². The van der Waals surface area contributed by atoms with Gasteiger partial charge in [-0.2, -0.15) is 0 Å². The molecule has 2 aliphatic heterocycles. The molecule has 7 nitrogen and oxygen atoms in total. The van der Waals surface area contributed by atoms with Gasteiger partial charge in [-0.1, -0.05) is 5.16 Å². The normalized spacial score (nSPS) is 22.8. The molecule has 1 amide bonds. The first kappa shape index (κ1) is 17.4. The van der Waals surface area contributed by atoms with E-state index in [9.17, 15) is 4.79 Å². The van der Waals surface area contributed by atoms with Crippen molar-refractivity contribution in [2.45, 2.75) is 32.4 Å². The summed E-state index contributed by atoms with van der Waals surface area (Å²) in [4.78, 5) is 15.5. The third-order valence-corrected chi connectivity index (χ3v) is 5.19. The number of ether oxygens (including phenoxy) is 2. The standard InChI is InChI=1S/C17H27N3O4/c1-12-15(13(2)24-18-12)7-20-10-17(11-20)14(5-6-23-17)8-22-9-16(21)19(3)4/h14H,5-11H2,1-4H3. The van der Waals surface area contributed by atoms with Crippen LogP contribution in [0, 0.1) is 19.8 Å². The molecular formula is C17H27N3O4. The van der Waals surface area contributed by atoms with E-state index in [0.717, 1.165) is 44.1 Å². The molecule has 0 radical (unpaired) electrons. The van der Waals surface area contributed by atoms with Gasteiger partial charge in [0, 0.05) is 51.8 Å². The molecule has 1 atom stereocenters. The lowest BCUT2D eigenvalue weighted by atomic mass is 9.81. The van der Waals surface area contributed by atoms with E-state index in [0.29, 0.717) is 12.5 Å². The minimum atomic E-state index is -0.111. The molecule has 2 fully saturated rings. The quantitative estimate of drug-likeness (QED) is 0.771. The maximum atomic E-state index is 11.6. The highest BCUT2D eigenvalue weighted by atomic mass is 16.5. The number of aryl methyl sites for hydroxylation is 2. The van der Waals surface area contributed by atoms with Crippen LogP contribution in [0.25, 0.3) is 0 Å². The van der Waals surface area contributed by atoms with Gasteiger partial charge in [0.2, 0.25) is 5.91 Å². The van der Waals surface area contributed by atoms with Gasteiger partial charge in [-0.05, 0) is 20.3 Å². The van der Waals surface area contributed by atoms with Crippen molar-refractivity contribution in [3.05, 3.63) is 17.0 Å². The first-order valence-corrected chi connectivity index (χ1v) is 8.47. The summed E-state index contributed by atoms with van der Waals surface area (Å²) in [6.45, 7) is 8.07. The molecular weight excluding hydrogens is 310 g/mol. The Kier molecular flexibility index (Phi) is 4.94. The highest BCUT2D eigenvalue weighted by Gasteiger charge is 2.53. The van der Waals surface area contributed by atoms with Crippen molar-refractivity contribution in [1.82, 2.24) is 15.0 Å². The van der Waals surface area contributed by atoms with Crippen LogP contribution in [0.1, 0.15) is 23.4 Å². The van der Waals surface area contributed by atoms with Gasteiger partial charge in [0.15, 0.2) is 0 Å². The fourth-order valence-corrected chi connectivity index (χ4v) is 3.56. The zero-order valence-corrected chi connectivity index (χ0v) is 15.0. The monoisotopic (exact) mass is 337 g/mol. The summed E-state index contributed by atoms with van der Waals surface area (Å²) in [5, 5.41) is 4.01. The highest BCUT2D eigenvalue weighted by Crippen LogP contribution is 2.40. The van der Waals surface area contributed by atoms with Gasteiger partial charge < -0.3 is 18.9 Å². The van der Waals surface area contributed by atoms with E-state index in [1.54, 1.807) is 19.0 Å². The van der Waals surface area contributed by atoms with Crippen molar-refractivity contribution < 1.29 is 18.8 Å². The van der Waals surface area contributed by atoms with Gasteiger partial charge in [-0.15, -0.1) is 0 Å². The molecule has 1 unspecified atom stereocenters. The summed E-state index contributed by atoms with van der Waals surface area (Å²) in [5.74, 6) is 1.24. The summed E-state index contributed by atoms with van der Waals surface area (Å²) in [6, 6.07) is 0. The molecule has 0 aromatic carbocycles. The Balaban J connectivity index is 1.49. The second kappa shape index (κ2) is 6.82. The van der Waals surface area contributed by atoms with Crippen LogP contribution in [0.15, 0.2) is 4.52 Å². The van der Waals surface area contributed by atoms with Crippen molar-refractivity contribution in [2.75, 3.05) is 47.0 Å². The number of likely N-dealkylation sites (tertiary alicyclic amines) is 1. The van der Waals surface area contributed by atoms with Crippen LogP contribution in [0.4, 0.5) is 0 Å². The summed E-state index contributed by atoms with van der Waals surface area (Å²) in [7, 11) is 3.48. The summed E-state index contributed by atoms with van der Waals surface area (Å²) in [6.07, 6.45) is 0.995. The Bertz CT molecular complexity index is 573. The fourth-order valence-electron chi connectivity index (χ4n) is 3.56. The van der Waals surface area contributed by atoms with Crippen molar-refractivity contribution >= 4 is 5.91 Å². The van der Waals surface area contributed by atoms with Crippen molar-refractivity contribution in [1.29, 1.82) is 0 Å². The maximum absolute atomic E-state index is 11.6. The van der Waals surface area contributed by atoms with E-state index < -0.39 is 0 Å². The summed E-state index contributed by atoms with van der Waals surface area (Å²) >= 11 is 0. The molecule has 2 aliphatic rings. The van der Waals surface area contributed by atoms with E-state index >= 15 is 0 Å². The van der Waals surface area contributed by atoms with Gasteiger partial charge in [0.25, 0.3) is 0 Å². The number of likely N-dealkylation sites (N-methyl/N-ethyl adjacent to an activating group) is 1.